The monoisotopic (exact) mass is 295 g/mol. The van der Waals surface area contributed by atoms with Crippen LogP contribution in [0.5, 0.6) is 0 Å². The molecule has 0 spiro atoms. The third kappa shape index (κ3) is 4.45. The van der Waals surface area contributed by atoms with Crippen molar-refractivity contribution in [3.63, 3.8) is 0 Å². The highest BCUT2D eigenvalue weighted by Crippen LogP contribution is 2.32. The highest BCUT2D eigenvalue weighted by Gasteiger charge is 2.39. The smallest absolute Gasteiger partial charge is 0.318 e. The van der Waals surface area contributed by atoms with Gasteiger partial charge in [0.2, 0.25) is 5.91 Å². The van der Waals surface area contributed by atoms with Crippen LogP contribution in [0.15, 0.2) is 0 Å². The molecule has 4 nitrogen and oxygen atoms in total. The van der Waals surface area contributed by atoms with Crippen LogP contribution in [0.3, 0.4) is 0 Å². The molecule has 21 heavy (non-hydrogen) atoms. The first-order valence-electron chi connectivity index (χ1n) is 8.69. The Labute approximate surface area is 128 Å². The van der Waals surface area contributed by atoms with Gasteiger partial charge in [0.1, 0.15) is 5.92 Å². The summed E-state index contributed by atoms with van der Waals surface area (Å²) in [4.78, 5) is 27.2. The Balaban J connectivity index is 2.08. The van der Waals surface area contributed by atoms with Crippen molar-refractivity contribution in [1.29, 1.82) is 0 Å². The number of carbonyl (C=O) groups is 2. The molecule has 1 aliphatic heterocycles. The van der Waals surface area contributed by atoms with Crippen LogP contribution in [0.1, 0.15) is 64.7 Å². The van der Waals surface area contributed by atoms with E-state index in [1.54, 1.807) is 0 Å². The summed E-state index contributed by atoms with van der Waals surface area (Å²) in [6.07, 6.45) is 9.98. The second-order valence-corrected chi connectivity index (χ2v) is 6.37. The van der Waals surface area contributed by atoms with E-state index in [0.29, 0.717) is 6.61 Å². The van der Waals surface area contributed by atoms with Crippen molar-refractivity contribution >= 4 is 11.9 Å². The number of hydrogen-bond donors (Lipinski definition) is 0. The third-order valence-corrected chi connectivity index (χ3v) is 4.85. The molecule has 4 heteroatoms. The van der Waals surface area contributed by atoms with Crippen molar-refractivity contribution in [2.45, 2.75) is 64.7 Å². The fraction of sp³-hybridized carbons (Fsp3) is 0.882. The number of carbonyl (C=O) groups excluding carboxylic acids is 2. The minimum absolute atomic E-state index is 0.0299. The predicted molar refractivity (Wildman–Crippen MR) is 81.7 cm³/mol. The number of nitrogens with zero attached hydrogens (tertiary/aromatic N) is 1. The summed E-state index contributed by atoms with van der Waals surface area (Å²) in [5.74, 6) is -0.627. The molecule has 1 saturated carbocycles. The topological polar surface area (TPSA) is 46.6 Å². The van der Waals surface area contributed by atoms with E-state index in [2.05, 4.69) is 0 Å². The average Bonchev–Trinajstić information content (AvgIpc) is 2.78. The summed E-state index contributed by atoms with van der Waals surface area (Å²) in [6, 6.07) is 0. The van der Waals surface area contributed by atoms with Gasteiger partial charge in [-0.3, -0.25) is 9.59 Å². The minimum Gasteiger partial charge on any atom is -0.465 e. The molecule has 1 aliphatic carbocycles. The molecular formula is C17H29NO3. The number of amides is 1. The van der Waals surface area contributed by atoms with Crippen LogP contribution in [0, 0.1) is 11.8 Å². The largest absolute Gasteiger partial charge is 0.465 e. The molecule has 1 atom stereocenters. The zero-order valence-corrected chi connectivity index (χ0v) is 13.3. The molecule has 0 N–H and O–H groups in total. The van der Waals surface area contributed by atoms with E-state index in [0.717, 1.165) is 51.6 Å². The van der Waals surface area contributed by atoms with E-state index in [4.69, 9.17) is 4.74 Å². The van der Waals surface area contributed by atoms with Crippen LogP contribution in [-0.4, -0.2) is 36.5 Å². The second kappa shape index (κ2) is 8.40. The van der Waals surface area contributed by atoms with Gasteiger partial charge in [-0.2, -0.15) is 0 Å². The molecule has 2 rings (SSSR count). The molecule has 120 valence electrons. The lowest BCUT2D eigenvalue weighted by Gasteiger charge is -2.32. The Bertz CT molecular complexity index is 342. The Morgan fingerprint density at radius 2 is 1.57 bits per heavy atom. The van der Waals surface area contributed by atoms with E-state index in [-0.39, 0.29) is 17.8 Å². The van der Waals surface area contributed by atoms with Gasteiger partial charge in [-0.25, -0.2) is 0 Å². The molecular weight excluding hydrogens is 266 g/mol. The summed E-state index contributed by atoms with van der Waals surface area (Å²) in [5, 5.41) is 0. The van der Waals surface area contributed by atoms with E-state index < -0.39 is 5.92 Å². The van der Waals surface area contributed by atoms with Crippen LogP contribution in [0.25, 0.3) is 0 Å². The maximum absolute atomic E-state index is 12.9. The molecule has 0 aromatic carbocycles. The second-order valence-electron chi connectivity index (χ2n) is 6.37. The van der Waals surface area contributed by atoms with Gasteiger partial charge in [-0.1, -0.05) is 32.1 Å². The number of hydrogen-bond acceptors (Lipinski definition) is 3. The van der Waals surface area contributed by atoms with Crippen LogP contribution in [0.2, 0.25) is 0 Å². The Kier molecular flexibility index (Phi) is 6.52. The quantitative estimate of drug-likeness (QED) is 0.591. The maximum atomic E-state index is 12.9. The molecule has 2 fully saturated rings. The third-order valence-electron chi connectivity index (χ3n) is 4.85. The van der Waals surface area contributed by atoms with Crippen molar-refractivity contribution in [1.82, 2.24) is 4.90 Å². The fourth-order valence-electron chi connectivity index (χ4n) is 3.68. The average molecular weight is 295 g/mol. The van der Waals surface area contributed by atoms with E-state index in [1.807, 2.05) is 11.8 Å². The SMILES string of the molecule is CCOC(=O)[C@@H](C(=O)N1CCCCCC1)C1CCCCC1. The van der Waals surface area contributed by atoms with Gasteiger partial charge in [-0.05, 0) is 38.5 Å². The van der Waals surface area contributed by atoms with Crippen LogP contribution in [0.4, 0.5) is 0 Å². The summed E-state index contributed by atoms with van der Waals surface area (Å²) in [6.45, 7) is 3.78. The fourth-order valence-corrected chi connectivity index (χ4v) is 3.68. The summed E-state index contributed by atoms with van der Waals surface area (Å²) in [5.41, 5.74) is 0. The molecule has 0 unspecified atom stereocenters. The number of likely N-dealkylation sites (tertiary alicyclic amines) is 1. The minimum atomic E-state index is -0.552. The van der Waals surface area contributed by atoms with Gasteiger partial charge in [0.15, 0.2) is 0 Å². The van der Waals surface area contributed by atoms with Crippen molar-refractivity contribution in [3.8, 4) is 0 Å². The number of rotatable bonds is 4. The lowest BCUT2D eigenvalue weighted by Crippen LogP contribution is -2.44. The molecule has 1 amide bonds. The molecule has 0 radical (unpaired) electrons. The first-order chi connectivity index (χ1) is 10.2. The van der Waals surface area contributed by atoms with Gasteiger partial charge in [0, 0.05) is 13.1 Å². The maximum Gasteiger partial charge on any atom is 0.318 e. The van der Waals surface area contributed by atoms with Gasteiger partial charge >= 0.3 is 5.97 Å². The molecule has 0 aromatic rings. The van der Waals surface area contributed by atoms with Gasteiger partial charge in [0.05, 0.1) is 6.61 Å². The molecule has 0 bridgehead atoms. The first kappa shape index (κ1) is 16.3. The van der Waals surface area contributed by atoms with Gasteiger partial charge in [-0.15, -0.1) is 0 Å². The number of ether oxygens (including phenoxy) is 1. The molecule has 1 heterocycles. The van der Waals surface area contributed by atoms with Crippen LogP contribution in [-0.2, 0) is 14.3 Å². The zero-order valence-electron chi connectivity index (χ0n) is 13.3. The van der Waals surface area contributed by atoms with E-state index in [1.165, 1.54) is 19.3 Å². The first-order valence-corrected chi connectivity index (χ1v) is 8.69. The van der Waals surface area contributed by atoms with Crippen molar-refractivity contribution in [2.24, 2.45) is 11.8 Å². The highest BCUT2D eigenvalue weighted by atomic mass is 16.5. The summed E-state index contributed by atoms with van der Waals surface area (Å²) >= 11 is 0. The van der Waals surface area contributed by atoms with Gasteiger partial charge in [0.25, 0.3) is 0 Å². The standard InChI is InChI=1S/C17H29NO3/c1-2-21-17(20)15(14-10-6-5-7-11-14)16(19)18-12-8-3-4-9-13-18/h14-15H,2-13H2,1H3/t15-/m1/s1. The van der Waals surface area contributed by atoms with E-state index >= 15 is 0 Å². The normalized spacial score (nSPS) is 22.4. The lowest BCUT2D eigenvalue weighted by molar-refractivity contribution is -0.158. The predicted octanol–water partition coefficient (Wildman–Crippen LogP) is 3.15. The van der Waals surface area contributed by atoms with Crippen molar-refractivity contribution in [3.05, 3.63) is 0 Å². The highest BCUT2D eigenvalue weighted by molar-refractivity contribution is 5.98. The Morgan fingerprint density at radius 3 is 2.14 bits per heavy atom. The number of esters is 1. The summed E-state index contributed by atoms with van der Waals surface area (Å²) < 4.78 is 5.21. The zero-order chi connectivity index (χ0) is 15.1. The van der Waals surface area contributed by atoms with Crippen LogP contribution < -0.4 is 0 Å². The molecule has 1 saturated heterocycles. The van der Waals surface area contributed by atoms with Gasteiger partial charge < -0.3 is 9.64 Å². The van der Waals surface area contributed by atoms with E-state index in [9.17, 15) is 9.59 Å². The van der Waals surface area contributed by atoms with Crippen LogP contribution >= 0.6 is 0 Å². The van der Waals surface area contributed by atoms with Crippen molar-refractivity contribution in [2.75, 3.05) is 19.7 Å². The lowest BCUT2D eigenvalue weighted by atomic mass is 9.79. The van der Waals surface area contributed by atoms with Crippen molar-refractivity contribution < 1.29 is 14.3 Å². The Morgan fingerprint density at radius 1 is 1.00 bits per heavy atom. The Hall–Kier alpha value is -1.06. The molecule has 0 aromatic heterocycles. The molecule has 2 aliphatic rings. The summed E-state index contributed by atoms with van der Waals surface area (Å²) in [7, 11) is 0.